The molecule has 1 aromatic heterocycles. The van der Waals surface area contributed by atoms with Gasteiger partial charge in [0.05, 0.1) is 4.90 Å². The number of carbonyl (C=O) groups excluding carboxylic acids is 2. The van der Waals surface area contributed by atoms with Gasteiger partial charge in [0.25, 0.3) is 5.91 Å². The molecule has 1 saturated heterocycles. The van der Waals surface area contributed by atoms with Crippen molar-refractivity contribution in [3.05, 3.63) is 48.7 Å². The standard InChI is InChI=1S/C15H14N4O5S/c20-14-12(18-15(21)19-14)9-17-25(22,23)11-6-4-10(5-7-11)24-13-3-1-2-8-16-13/h1-8,12,17H,9H2,(H2,18,19,20,21). The summed E-state index contributed by atoms with van der Waals surface area (Å²) in [5.74, 6) is 0.242. The number of amides is 3. The van der Waals surface area contributed by atoms with E-state index in [1.165, 1.54) is 24.3 Å². The Labute approximate surface area is 143 Å². The summed E-state index contributed by atoms with van der Waals surface area (Å²) in [7, 11) is -3.83. The highest BCUT2D eigenvalue weighted by Crippen LogP contribution is 2.20. The predicted octanol–water partition coefficient (Wildman–Crippen LogP) is 0.360. The molecule has 1 aliphatic rings. The Balaban J connectivity index is 1.64. The Kier molecular flexibility index (Phi) is 4.63. The second-order valence-electron chi connectivity index (χ2n) is 5.11. The molecular weight excluding hydrogens is 348 g/mol. The van der Waals surface area contributed by atoms with Crippen LogP contribution in [0.2, 0.25) is 0 Å². The summed E-state index contributed by atoms with van der Waals surface area (Å²) in [5, 5.41) is 4.34. The van der Waals surface area contributed by atoms with Crippen molar-refractivity contribution in [1.82, 2.24) is 20.3 Å². The fourth-order valence-electron chi connectivity index (χ4n) is 2.09. The molecule has 1 fully saturated rings. The molecule has 3 rings (SSSR count). The van der Waals surface area contributed by atoms with Crippen molar-refractivity contribution in [2.45, 2.75) is 10.9 Å². The minimum Gasteiger partial charge on any atom is -0.439 e. The number of urea groups is 1. The van der Waals surface area contributed by atoms with E-state index in [0.717, 1.165) is 0 Å². The zero-order valence-electron chi connectivity index (χ0n) is 12.8. The summed E-state index contributed by atoms with van der Waals surface area (Å²) in [5.41, 5.74) is 0. The number of benzene rings is 1. The maximum atomic E-state index is 12.2. The smallest absolute Gasteiger partial charge is 0.322 e. The van der Waals surface area contributed by atoms with E-state index in [9.17, 15) is 18.0 Å². The van der Waals surface area contributed by atoms with Gasteiger partial charge in [-0.2, -0.15) is 0 Å². The number of nitrogens with one attached hydrogen (secondary N) is 3. The lowest BCUT2D eigenvalue weighted by molar-refractivity contribution is -0.120. The highest BCUT2D eigenvalue weighted by molar-refractivity contribution is 7.89. The lowest BCUT2D eigenvalue weighted by Crippen LogP contribution is -2.41. The van der Waals surface area contributed by atoms with Crippen molar-refractivity contribution in [3.8, 4) is 11.6 Å². The molecule has 0 radical (unpaired) electrons. The van der Waals surface area contributed by atoms with Gasteiger partial charge in [0.15, 0.2) is 0 Å². The van der Waals surface area contributed by atoms with E-state index in [0.29, 0.717) is 11.6 Å². The molecule has 3 amide bonds. The van der Waals surface area contributed by atoms with Gasteiger partial charge in [0, 0.05) is 18.8 Å². The summed E-state index contributed by atoms with van der Waals surface area (Å²) in [6.07, 6.45) is 1.58. The van der Waals surface area contributed by atoms with Crippen molar-refractivity contribution in [3.63, 3.8) is 0 Å². The van der Waals surface area contributed by atoms with Crippen LogP contribution in [0, 0.1) is 0 Å². The summed E-state index contributed by atoms with van der Waals surface area (Å²) in [6, 6.07) is 9.33. The summed E-state index contributed by atoms with van der Waals surface area (Å²) in [4.78, 5) is 26.4. The average Bonchev–Trinajstić information content (AvgIpc) is 2.92. The molecule has 2 heterocycles. The highest BCUT2D eigenvalue weighted by atomic mass is 32.2. The van der Waals surface area contributed by atoms with Crippen molar-refractivity contribution >= 4 is 22.0 Å². The van der Waals surface area contributed by atoms with Gasteiger partial charge >= 0.3 is 6.03 Å². The van der Waals surface area contributed by atoms with Crippen LogP contribution >= 0.6 is 0 Å². The fourth-order valence-corrected chi connectivity index (χ4v) is 3.14. The van der Waals surface area contributed by atoms with E-state index in [4.69, 9.17) is 4.74 Å². The van der Waals surface area contributed by atoms with E-state index >= 15 is 0 Å². The van der Waals surface area contributed by atoms with Gasteiger partial charge in [-0.3, -0.25) is 10.1 Å². The van der Waals surface area contributed by atoms with Gasteiger partial charge in [-0.15, -0.1) is 0 Å². The Morgan fingerprint density at radius 3 is 2.48 bits per heavy atom. The van der Waals surface area contributed by atoms with Crippen LogP contribution in [0.5, 0.6) is 11.6 Å². The van der Waals surface area contributed by atoms with Crippen LogP contribution in [0.15, 0.2) is 53.6 Å². The van der Waals surface area contributed by atoms with Crippen LogP contribution in [0.25, 0.3) is 0 Å². The first-order valence-corrected chi connectivity index (χ1v) is 8.72. The topological polar surface area (TPSA) is 126 Å². The van der Waals surface area contributed by atoms with E-state index in [2.05, 4.69) is 15.0 Å². The zero-order chi connectivity index (χ0) is 17.9. The van der Waals surface area contributed by atoms with E-state index < -0.39 is 28.0 Å². The molecule has 25 heavy (non-hydrogen) atoms. The molecule has 0 aliphatic carbocycles. The largest absolute Gasteiger partial charge is 0.439 e. The van der Waals surface area contributed by atoms with E-state index in [1.54, 1.807) is 24.4 Å². The Morgan fingerprint density at radius 2 is 1.88 bits per heavy atom. The lowest BCUT2D eigenvalue weighted by Gasteiger charge is -2.10. The maximum absolute atomic E-state index is 12.2. The van der Waals surface area contributed by atoms with Crippen LogP contribution < -0.4 is 20.1 Å². The van der Waals surface area contributed by atoms with Crippen LogP contribution in [0.3, 0.4) is 0 Å². The Bertz CT molecular complexity index is 884. The summed E-state index contributed by atoms with van der Waals surface area (Å²) >= 11 is 0. The second-order valence-corrected chi connectivity index (χ2v) is 6.88. The predicted molar refractivity (Wildman–Crippen MR) is 86.4 cm³/mol. The summed E-state index contributed by atoms with van der Waals surface area (Å²) < 4.78 is 32.2. The number of imide groups is 1. The third-order valence-corrected chi connectivity index (χ3v) is 4.77. The molecule has 1 atom stereocenters. The van der Waals surface area contributed by atoms with Crippen molar-refractivity contribution in [2.75, 3.05) is 6.54 Å². The van der Waals surface area contributed by atoms with E-state index in [-0.39, 0.29) is 11.4 Å². The quantitative estimate of drug-likeness (QED) is 0.637. The number of aromatic nitrogens is 1. The van der Waals surface area contributed by atoms with Gasteiger partial charge in [0.2, 0.25) is 15.9 Å². The fraction of sp³-hybridized carbons (Fsp3) is 0.133. The van der Waals surface area contributed by atoms with Crippen LogP contribution in [-0.4, -0.2) is 37.9 Å². The first kappa shape index (κ1) is 16.9. The molecule has 1 aromatic carbocycles. The first-order chi connectivity index (χ1) is 11.9. The van der Waals surface area contributed by atoms with Gasteiger partial charge in [0.1, 0.15) is 11.8 Å². The molecule has 130 valence electrons. The SMILES string of the molecule is O=C1NC(=O)C(CNS(=O)(=O)c2ccc(Oc3ccccn3)cc2)N1. The van der Waals surface area contributed by atoms with Crippen LogP contribution in [-0.2, 0) is 14.8 Å². The minimum atomic E-state index is -3.83. The monoisotopic (exact) mass is 362 g/mol. The normalized spacial score (nSPS) is 17.0. The number of ether oxygens (including phenoxy) is 1. The van der Waals surface area contributed by atoms with Gasteiger partial charge in [-0.1, -0.05) is 6.07 Å². The minimum absolute atomic E-state index is 0.00519. The molecule has 1 aliphatic heterocycles. The zero-order valence-corrected chi connectivity index (χ0v) is 13.6. The Morgan fingerprint density at radius 1 is 1.12 bits per heavy atom. The second kappa shape index (κ2) is 6.87. The molecule has 3 N–H and O–H groups in total. The van der Waals surface area contributed by atoms with Crippen LogP contribution in [0.4, 0.5) is 4.79 Å². The molecule has 9 nitrogen and oxygen atoms in total. The lowest BCUT2D eigenvalue weighted by atomic mass is 10.3. The van der Waals surface area contributed by atoms with Crippen molar-refractivity contribution in [2.24, 2.45) is 0 Å². The highest BCUT2D eigenvalue weighted by Gasteiger charge is 2.30. The van der Waals surface area contributed by atoms with Gasteiger partial charge in [-0.25, -0.2) is 22.9 Å². The number of hydrogen-bond acceptors (Lipinski definition) is 6. The van der Waals surface area contributed by atoms with Crippen LogP contribution in [0.1, 0.15) is 0 Å². The number of sulfonamides is 1. The molecular formula is C15H14N4O5S. The summed E-state index contributed by atoms with van der Waals surface area (Å²) in [6.45, 7) is -0.244. The maximum Gasteiger partial charge on any atom is 0.322 e. The average molecular weight is 362 g/mol. The molecule has 0 spiro atoms. The third-order valence-electron chi connectivity index (χ3n) is 3.33. The number of hydrogen-bond donors (Lipinski definition) is 3. The molecule has 1 unspecified atom stereocenters. The van der Waals surface area contributed by atoms with Gasteiger partial charge in [-0.05, 0) is 30.3 Å². The number of nitrogens with zero attached hydrogens (tertiary/aromatic N) is 1. The number of pyridine rings is 1. The number of rotatable bonds is 6. The molecule has 10 heteroatoms. The molecule has 2 aromatic rings. The molecule has 0 saturated carbocycles. The third kappa shape index (κ3) is 4.11. The first-order valence-electron chi connectivity index (χ1n) is 7.24. The van der Waals surface area contributed by atoms with Crippen molar-refractivity contribution < 1.29 is 22.7 Å². The van der Waals surface area contributed by atoms with Gasteiger partial charge < -0.3 is 10.1 Å². The van der Waals surface area contributed by atoms with E-state index in [1.807, 2.05) is 5.32 Å². The molecule has 0 bridgehead atoms. The van der Waals surface area contributed by atoms with Crippen molar-refractivity contribution in [1.29, 1.82) is 0 Å². The number of carbonyl (C=O) groups is 2. The Hall–Kier alpha value is -2.98.